The molecule has 1 amide bonds. The van der Waals surface area contributed by atoms with Crippen LogP contribution in [-0.2, 0) is 10.0 Å². The molecule has 2 heterocycles. The maximum absolute atomic E-state index is 12.9. The van der Waals surface area contributed by atoms with E-state index in [0.717, 1.165) is 51.4 Å². The summed E-state index contributed by atoms with van der Waals surface area (Å²) in [5.41, 5.74) is 1.15. The fraction of sp³-hybridized carbons (Fsp3) is 0.571. The number of aryl methyl sites for hydroxylation is 1. The van der Waals surface area contributed by atoms with Gasteiger partial charge in [0.1, 0.15) is 0 Å². The van der Waals surface area contributed by atoms with Crippen LogP contribution in [0.2, 0.25) is 0 Å². The molecule has 0 radical (unpaired) electrons. The Morgan fingerprint density at radius 1 is 1.10 bits per heavy atom. The second-order valence-corrected chi connectivity index (χ2v) is 9.89. The second-order valence-electron chi connectivity index (χ2n) is 8.21. The van der Waals surface area contributed by atoms with Crippen LogP contribution in [0.25, 0.3) is 11.4 Å². The van der Waals surface area contributed by atoms with Gasteiger partial charge in [0, 0.05) is 24.7 Å². The molecule has 162 valence electrons. The molecule has 1 aromatic carbocycles. The number of carbonyl (C=O) groups is 1. The van der Waals surface area contributed by atoms with Gasteiger partial charge in [0.25, 0.3) is 0 Å². The number of nitrogens with one attached hydrogen (secondary N) is 1. The zero-order valence-corrected chi connectivity index (χ0v) is 18.1. The molecular formula is C21H28N4O4S. The third-order valence-corrected chi connectivity index (χ3v) is 7.58. The number of rotatable bonds is 5. The molecule has 30 heavy (non-hydrogen) atoms. The Balaban J connectivity index is 1.56. The Kier molecular flexibility index (Phi) is 6.19. The predicted octanol–water partition coefficient (Wildman–Crippen LogP) is 3.28. The molecule has 2 aromatic rings. The van der Waals surface area contributed by atoms with Gasteiger partial charge in [-0.2, -0.15) is 4.98 Å². The van der Waals surface area contributed by atoms with E-state index in [1.165, 1.54) is 0 Å². The Morgan fingerprint density at radius 3 is 2.50 bits per heavy atom. The normalized spacial score (nSPS) is 18.5. The monoisotopic (exact) mass is 432 g/mol. The van der Waals surface area contributed by atoms with Crippen LogP contribution in [0.5, 0.6) is 0 Å². The maximum Gasteiger partial charge on any atom is 0.316 e. The average Bonchev–Trinajstić information content (AvgIpc) is 3.34. The topological polar surface area (TPSA) is 105 Å². The predicted molar refractivity (Wildman–Crippen MR) is 111 cm³/mol. The fourth-order valence-corrected chi connectivity index (χ4v) is 5.77. The first-order valence-electron chi connectivity index (χ1n) is 10.7. The van der Waals surface area contributed by atoms with Crippen LogP contribution in [-0.4, -0.2) is 48.5 Å². The quantitative estimate of drug-likeness (QED) is 0.777. The lowest BCUT2D eigenvalue weighted by molar-refractivity contribution is 0.0711. The van der Waals surface area contributed by atoms with Crippen molar-refractivity contribution in [1.82, 2.24) is 19.8 Å². The van der Waals surface area contributed by atoms with Crippen LogP contribution in [0.1, 0.15) is 67.6 Å². The van der Waals surface area contributed by atoms with Crippen LogP contribution >= 0.6 is 0 Å². The van der Waals surface area contributed by atoms with Crippen molar-refractivity contribution in [2.45, 2.75) is 69.2 Å². The number of amides is 1. The number of benzene rings is 1. The number of hydrogen-bond donors (Lipinski definition) is 1. The van der Waals surface area contributed by atoms with Gasteiger partial charge in [-0.3, -0.25) is 4.79 Å². The first kappa shape index (κ1) is 21.0. The molecule has 8 nitrogen and oxygen atoms in total. The first-order valence-corrected chi connectivity index (χ1v) is 12.2. The largest absolute Gasteiger partial charge is 0.334 e. The standard InChI is InChI=1S/C21H28N4O4S/c1-15-10-11-16(14-18(15)30(27,28)24-17-8-4-5-9-17)19-22-20(29-23-19)21(26)25-12-6-2-3-7-13-25/h10-11,14,17,24H,2-9,12-13H2,1H3. The molecule has 9 heteroatoms. The number of carbonyl (C=O) groups excluding carboxylic acids is 1. The molecule has 1 aromatic heterocycles. The smallest absolute Gasteiger partial charge is 0.316 e. The highest BCUT2D eigenvalue weighted by Crippen LogP contribution is 2.26. The molecule has 1 saturated heterocycles. The summed E-state index contributed by atoms with van der Waals surface area (Å²) in [4.78, 5) is 18.9. The van der Waals surface area contributed by atoms with Crippen molar-refractivity contribution in [2.75, 3.05) is 13.1 Å². The van der Waals surface area contributed by atoms with Crippen molar-refractivity contribution < 1.29 is 17.7 Å². The summed E-state index contributed by atoms with van der Waals surface area (Å²) in [5.74, 6) is -0.107. The molecule has 0 unspecified atom stereocenters. The summed E-state index contributed by atoms with van der Waals surface area (Å²) in [6, 6.07) is 5.01. The SMILES string of the molecule is Cc1ccc(-c2noc(C(=O)N3CCCCCC3)n2)cc1S(=O)(=O)NC1CCCC1. The van der Waals surface area contributed by atoms with E-state index < -0.39 is 10.0 Å². The van der Waals surface area contributed by atoms with Crippen molar-refractivity contribution in [3.05, 3.63) is 29.7 Å². The van der Waals surface area contributed by atoms with E-state index in [9.17, 15) is 13.2 Å². The highest BCUT2D eigenvalue weighted by molar-refractivity contribution is 7.89. The zero-order chi connectivity index (χ0) is 21.1. The van der Waals surface area contributed by atoms with Crippen molar-refractivity contribution in [2.24, 2.45) is 0 Å². The van der Waals surface area contributed by atoms with E-state index >= 15 is 0 Å². The van der Waals surface area contributed by atoms with Crippen molar-refractivity contribution >= 4 is 15.9 Å². The van der Waals surface area contributed by atoms with E-state index in [1.807, 2.05) is 0 Å². The van der Waals surface area contributed by atoms with E-state index in [-0.39, 0.29) is 28.6 Å². The molecule has 2 fully saturated rings. The van der Waals surface area contributed by atoms with Gasteiger partial charge in [-0.25, -0.2) is 13.1 Å². The lowest BCUT2D eigenvalue weighted by Gasteiger charge is -2.17. The number of hydrogen-bond acceptors (Lipinski definition) is 6. The van der Waals surface area contributed by atoms with E-state index in [1.54, 1.807) is 30.0 Å². The summed E-state index contributed by atoms with van der Waals surface area (Å²) >= 11 is 0. The van der Waals surface area contributed by atoms with Crippen LogP contribution in [0.3, 0.4) is 0 Å². The Labute approximate surface area is 177 Å². The zero-order valence-electron chi connectivity index (χ0n) is 17.3. The van der Waals surface area contributed by atoms with Crippen molar-refractivity contribution in [1.29, 1.82) is 0 Å². The van der Waals surface area contributed by atoms with Crippen LogP contribution in [0.4, 0.5) is 0 Å². The van der Waals surface area contributed by atoms with Gasteiger partial charge >= 0.3 is 11.8 Å². The van der Waals surface area contributed by atoms with Crippen LogP contribution < -0.4 is 4.72 Å². The van der Waals surface area contributed by atoms with E-state index in [0.29, 0.717) is 24.2 Å². The maximum atomic E-state index is 12.9. The molecule has 2 aliphatic rings. The van der Waals surface area contributed by atoms with Crippen LogP contribution in [0.15, 0.2) is 27.6 Å². The third kappa shape index (κ3) is 4.57. The van der Waals surface area contributed by atoms with Crippen molar-refractivity contribution in [3.8, 4) is 11.4 Å². The minimum absolute atomic E-state index is 0.0129. The second kappa shape index (κ2) is 8.85. The number of likely N-dealkylation sites (tertiary alicyclic amines) is 1. The van der Waals surface area contributed by atoms with Gasteiger partial charge in [0.05, 0.1) is 4.90 Å². The summed E-state index contributed by atoms with van der Waals surface area (Å²) in [7, 11) is -3.65. The summed E-state index contributed by atoms with van der Waals surface area (Å²) in [6.45, 7) is 3.14. The van der Waals surface area contributed by atoms with Gasteiger partial charge in [-0.05, 0) is 44.2 Å². The van der Waals surface area contributed by atoms with Crippen LogP contribution in [0, 0.1) is 6.92 Å². The molecule has 0 bridgehead atoms. The van der Waals surface area contributed by atoms with Gasteiger partial charge < -0.3 is 9.42 Å². The molecule has 0 spiro atoms. The molecular weight excluding hydrogens is 404 g/mol. The van der Waals surface area contributed by atoms with E-state index in [4.69, 9.17) is 4.52 Å². The summed E-state index contributed by atoms with van der Waals surface area (Å²) in [5, 5.41) is 3.93. The number of sulfonamides is 1. The third-order valence-electron chi connectivity index (χ3n) is 5.92. The summed E-state index contributed by atoms with van der Waals surface area (Å²) in [6.07, 6.45) is 8.00. The number of aromatic nitrogens is 2. The first-order chi connectivity index (χ1) is 14.4. The minimum atomic E-state index is -3.65. The number of nitrogens with zero attached hydrogens (tertiary/aromatic N) is 3. The minimum Gasteiger partial charge on any atom is -0.334 e. The van der Waals surface area contributed by atoms with Gasteiger partial charge in [0.15, 0.2) is 0 Å². The van der Waals surface area contributed by atoms with Crippen molar-refractivity contribution in [3.63, 3.8) is 0 Å². The molecule has 1 aliphatic heterocycles. The Hall–Kier alpha value is -2.26. The summed E-state index contributed by atoms with van der Waals surface area (Å²) < 4.78 is 33.8. The Morgan fingerprint density at radius 2 is 1.80 bits per heavy atom. The van der Waals surface area contributed by atoms with Gasteiger partial charge in [-0.1, -0.05) is 43.0 Å². The highest BCUT2D eigenvalue weighted by atomic mass is 32.2. The Bertz CT molecular complexity index is 1000. The van der Waals surface area contributed by atoms with E-state index in [2.05, 4.69) is 14.9 Å². The fourth-order valence-electron chi connectivity index (χ4n) is 4.19. The highest BCUT2D eigenvalue weighted by Gasteiger charge is 2.26. The average molecular weight is 433 g/mol. The van der Waals surface area contributed by atoms with Gasteiger partial charge in [0.2, 0.25) is 15.8 Å². The lowest BCUT2D eigenvalue weighted by atomic mass is 10.1. The lowest BCUT2D eigenvalue weighted by Crippen LogP contribution is -2.33. The van der Waals surface area contributed by atoms with Gasteiger partial charge in [-0.15, -0.1) is 0 Å². The molecule has 1 saturated carbocycles. The molecule has 1 N–H and O–H groups in total. The molecule has 0 atom stereocenters. The molecule has 4 rings (SSSR count). The molecule has 1 aliphatic carbocycles.